The number of nitrogens with zero attached hydrogens (tertiary/aromatic N) is 1. The van der Waals surface area contributed by atoms with E-state index >= 15 is 0 Å². The summed E-state index contributed by atoms with van der Waals surface area (Å²) in [6.45, 7) is 5.60. The van der Waals surface area contributed by atoms with Crippen LogP contribution in [0, 0.1) is 12.8 Å². The molecule has 0 unspecified atom stereocenters. The first-order valence-corrected chi connectivity index (χ1v) is 7.81. The van der Waals surface area contributed by atoms with E-state index in [1.165, 1.54) is 0 Å². The van der Waals surface area contributed by atoms with Crippen molar-refractivity contribution in [1.82, 2.24) is 4.90 Å². The van der Waals surface area contributed by atoms with Gasteiger partial charge in [0.2, 0.25) is 5.72 Å². The molecule has 0 aliphatic carbocycles. The van der Waals surface area contributed by atoms with Gasteiger partial charge in [0, 0.05) is 23.1 Å². The summed E-state index contributed by atoms with van der Waals surface area (Å²) in [5.74, 6) is 0.167. The number of aryl methyl sites for hydroxylation is 1. The number of carbonyl (C=O) groups is 1. The first-order chi connectivity index (χ1) is 9.42. The number of halogens is 1. The maximum Gasteiger partial charge on any atom is 0.276 e. The van der Waals surface area contributed by atoms with Gasteiger partial charge in [-0.2, -0.15) is 0 Å². The van der Waals surface area contributed by atoms with Gasteiger partial charge in [-0.25, -0.2) is 0 Å². The molecular formula is C15H19BrN2O2. The number of rotatable bonds is 1. The van der Waals surface area contributed by atoms with Crippen LogP contribution in [0.1, 0.15) is 30.9 Å². The molecule has 2 aliphatic heterocycles. The molecule has 0 bridgehead atoms. The van der Waals surface area contributed by atoms with Crippen LogP contribution in [-0.2, 0) is 10.5 Å². The van der Waals surface area contributed by atoms with Gasteiger partial charge in [-0.05, 0) is 43.4 Å². The molecule has 3 rings (SSSR count). The van der Waals surface area contributed by atoms with Crippen molar-refractivity contribution in [1.29, 1.82) is 0 Å². The van der Waals surface area contributed by atoms with Crippen LogP contribution < -0.4 is 5.32 Å². The summed E-state index contributed by atoms with van der Waals surface area (Å²) in [6.07, 6.45) is 2.16. The predicted octanol–water partition coefficient (Wildman–Crippen LogP) is 2.59. The fourth-order valence-corrected chi connectivity index (χ4v) is 3.88. The van der Waals surface area contributed by atoms with Crippen LogP contribution in [0.3, 0.4) is 0 Å². The summed E-state index contributed by atoms with van der Waals surface area (Å²) >= 11 is 3.45. The van der Waals surface area contributed by atoms with Crippen LogP contribution in [0.5, 0.6) is 0 Å². The molecule has 0 spiro atoms. The highest BCUT2D eigenvalue weighted by Crippen LogP contribution is 2.43. The fourth-order valence-electron chi connectivity index (χ4n) is 3.30. The molecule has 0 aromatic heterocycles. The van der Waals surface area contributed by atoms with E-state index in [0.717, 1.165) is 41.7 Å². The minimum atomic E-state index is -1.53. The molecule has 1 saturated heterocycles. The molecule has 2 aliphatic rings. The molecule has 20 heavy (non-hydrogen) atoms. The minimum absolute atomic E-state index is 0.331. The van der Waals surface area contributed by atoms with Crippen LogP contribution in [-0.4, -0.2) is 29.0 Å². The van der Waals surface area contributed by atoms with Crippen molar-refractivity contribution < 1.29 is 9.90 Å². The van der Waals surface area contributed by atoms with E-state index in [2.05, 4.69) is 28.2 Å². The van der Waals surface area contributed by atoms with Gasteiger partial charge in [-0.1, -0.05) is 22.9 Å². The van der Waals surface area contributed by atoms with E-state index in [-0.39, 0.29) is 5.91 Å². The lowest BCUT2D eigenvalue weighted by Gasteiger charge is -2.40. The Balaban J connectivity index is 2.08. The lowest BCUT2D eigenvalue weighted by Crippen LogP contribution is -2.54. The Kier molecular flexibility index (Phi) is 3.39. The third-order valence-electron chi connectivity index (χ3n) is 4.35. The molecule has 1 aromatic carbocycles. The Labute approximate surface area is 127 Å². The van der Waals surface area contributed by atoms with Crippen molar-refractivity contribution in [3.05, 3.63) is 27.7 Å². The van der Waals surface area contributed by atoms with Crippen LogP contribution in [0.25, 0.3) is 0 Å². The van der Waals surface area contributed by atoms with Gasteiger partial charge >= 0.3 is 0 Å². The van der Waals surface area contributed by atoms with Gasteiger partial charge < -0.3 is 10.4 Å². The number of hydrogen-bond acceptors (Lipinski definition) is 3. The minimum Gasteiger partial charge on any atom is -0.364 e. The third kappa shape index (κ3) is 2.00. The zero-order valence-corrected chi connectivity index (χ0v) is 13.3. The second-order valence-corrected chi connectivity index (χ2v) is 6.88. The molecule has 0 radical (unpaired) electrons. The van der Waals surface area contributed by atoms with E-state index in [4.69, 9.17) is 0 Å². The van der Waals surface area contributed by atoms with Crippen LogP contribution in [0.15, 0.2) is 16.6 Å². The number of fused-ring (bicyclic) bond motifs is 1. The van der Waals surface area contributed by atoms with E-state index in [0.29, 0.717) is 11.5 Å². The van der Waals surface area contributed by atoms with E-state index in [1.807, 2.05) is 24.0 Å². The second kappa shape index (κ2) is 4.83. The average molecular weight is 339 g/mol. The van der Waals surface area contributed by atoms with E-state index < -0.39 is 5.72 Å². The number of aliphatic hydroxyl groups is 1. The molecular weight excluding hydrogens is 320 g/mol. The maximum absolute atomic E-state index is 12.4. The number of likely N-dealkylation sites (tertiary alicyclic amines) is 1. The van der Waals surface area contributed by atoms with Crippen molar-refractivity contribution >= 4 is 27.5 Å². The number of benzene rings is 1. The summed E-state index contributed by atoms with van der Waals surface area (Å²) in [6, 6.07) is 3.79. The summed E-state index contributed by atoms with van der Waals surface area (Å²) in [5, 5.41) is 13.9. The monoisotopic (exact) mass is 338 g/mol. The van der Waals surface area contributed by atoms with Crippen LogP contribution >= 0.6 is 15.9 Å². The second-order valence-electron chi connectivity index (χ2n) is 5.97. The predicted molar refractivity (Wildman–Crippen MR) is 81.4 cm³/mol. The zero-order valence-electron chi connectivity index (χ0n) is 11.7. The van der Waals surface area contributed by atoms with Gasteiger partial charge in [0.1, 0.15) is 0 Å². The van der Waals surface area contributed by atoms with Crippen LogP contribution in [0.2, 0.25) is 0 Å². The van der Waals surface area contributed by atoms with Crippen molar-refractivity contribution in [2.24, 2.45) is 5.92 Å². The number of nitrogens with one attached hydrogen (secondary N) is 1. The highest BCUT2D eigenvalue weighted by Gasteiger charge is 2.51. The Bertz CT molecular complexity index is 575. The van der Waals surface area contributed by atoms with Gasteiger partial charge in [0.05, 0.1) is 5.69 Å². The summed E-state index contributed by atoms with van der Waals surface area (Å²) in [5.41, 5.74) is 0.851. The topological polar surface area (TPSA) is 52.6 Å². The fraction of sp³-hybridized carbons (Fsp3) is 0.533. The van der Waals surface area contributed by atoms with Crippen molar-refractivity contribution in [2.75, 3.05) is 18.4 Å². The normalized spacial score (nSPS) is 30.2. The number of hydrogen-bond donors (Lipinski definition) is 2. The highest BCUT2D eigenvalue weighted by atomic mass is 79.9. The summed E-state index contributed by atoms with van der Waals surface area (Å²) in [7, 11) is 0. The van der Waals surface area contributed by atoms with Crippen LogP contribution in [0.4, 0.5) is 5.69 Å². The summed E-state index contributed by atoms with van der Waals surface area (Å²) < 4.78 is 0.883. The molecule has 0 saturated carbocycles. The highest BCUT2D eigenvalue weighted by molar-refractivity contribution is 9.10. The Morgan fingerprint density at radius 1 is 1.50 bits per heavy atom. The van der Waals surface area contributed by atoms with Gasteiger partial charge in [-0.15, -0.1) is 0 Å². The Morgan fingerprint density at radius 3 is 2.95 bits per heavy atom. The van der Waals surface area contributed by atoms with E-state index in [9.17, 15) is 9.90 Å². The SMILES string of the molecule is Cc1cc(Br)cc2c1NC(=O)[C@@]2(O)N1CCC[C@H](C)C1. The molecule has 1 amide bonds. The standard InChI is InChI=1S/C15H19BrN2O2/c1-9-4-3-5-18(8-9)15(20)12-7-11(16)6-10(2)13(12)17-14(15)19/h6-7,9,20H,3-5,8H2,1-2H3,(H,17,19)/t9-,15+/m0/s1. The number of anilines is 1. The molecule has 1 aromatic rings. The van der Waals surface area contributed by atoms with Crippen molar-refractivity contribution in [3.8, 4) is 0 Å². The van der Waals surface area contributed by atoms with Gasteiger partial charge in [0.25, 0.3) is 5.91 Å². The largest absolute Gasteiger partial charge is 0.364 e. The number of amides is 1. The smallest absolute Gasteiger partial charge is 0.276 e. The van der Waals surface area contributed by atoms with Crippen molar-refractivity contribution in [3.63, 3.8) is 0 Å². The Hall–Kier alpha value is -0.910. The lowest BCUT2D eigenvalue weighted by molar-refractivity contribution is -0.163. The first kappa shape index (κ1) is 14.0. The number of piperidine rings is 1. The molecule has 2 N–H and O–H groups in total. The maximum atomic E-state index is 12.4. The lowest BCUT2D eigenvalue weighted by atomic mass is 9.94. The molecule has 2 heterocycles. The Morgan fingerprint density at radius 2 is 2.25 bits per heavy atom. The molecule has 2 atom stereocenters. The average Bonchev–Trinajstić information content (AvgIpc) is 2.64. The van der Waals surface area contributed by atoms with Gasteiger partial charge in [0.15, 0.2) is 0 Å². The van der Waals surface area contributed by atoms with Crippen molar-refractivity contribution in [2.45, 2.75) is 32.4 Å². The quantitative estimate of drug-likeness (QED) is 0.827. The molecule has 4 nitrogen and oxygen atoms in total. The first-order valence-electron chi connectivity index (χ1n) is 7.02. The van der Waals surface area contributed by atoms with E-state index in [1.54, 1.807) is 0 Å². The molecule has 5 heteroatoms. The zero-order chi connectivity index (χ0) is 14.5. The third-order valence-corrected chi connectivity index (χ3v) is 4.80. The molecule has 108 valence electrons. The number of carbonyl (C=O) groups excluding carboxylic acids is 1. The summed E-state index contributed by atoms with van der Waals surface area (Å²) in [4.78, 5) is 14.3. The van der Waals surface area contributed by atoms with Gasteiger partial charge in [-0.3, -0.25) is 9.69 Å². The molecule has 1 fully saturated rings.